The predicted molar refractivity (Wildman–Crippen MR) is 81.2 cm³/mol. The number of anilines is 2. The number of thioether (sulfide) groups is 1. The lowest BCUT2D eigenvalue weighted by Crippen LogP contribution is -2.27. The van der Waals surface area contributed by atoms with Gasteiger partial charge in [0.1, 0.15) is 5.69 Å². The van der Waals surface area contributed by atoms with E-state index in [1.807, 2.05) is 11.8 Å². The van der Waals surface area contributed by atoms with Gasteiger partial charge in [-0.05, 0) is 30.4 Å². The molecular formula is C13H15N3O4S. The van der Waals surface area contributed by atoms with Crippen molar-refractivity contribution in [3.8, 4) is 5.75 Å². The van der Waals surface area contributed by atoms with Gasteiger partial charge in [-0.3, -0.25) is 14.9 Å². The Morgan fingerprint density at radius 1 is 1.38 bits per heavy atom. The number of nitrogens with one attached hydrogen (secondary N) is 2. The van der Waals surface area contributed by atoms with Crippen LogP contribution in [0, 0.1) is 10.1 Å². The SMILES string of the molecule is O=C1COc2cc([N+](=O)[O-])c(NC3CCSCC3)cc2N1. The lowest BCUT2D eigenvalue weighted by molar-refractivity contribution is -0.384. The molecule has 0 saturated carbocycles. The summed E-state index contributed by atoms with van der Waals surface area (Å²) < 4.78 is 5.22. The normalized spacial score (nSPS) is 18.4. The highest BCUT2D eigenvalue weighted by Crippen LogP contribution is 2.38. The van der Waals surface area contributed by atoms with Crippen LogP contribution in [0.25, 0.3) is 0 Å². The standard InChI is InChI=1S/C13H15N3O4S/c17-13-7-20-12-6-11(16(18)19)9(5-10(12)15-13)14-8-1-3-21-4-2-8/h5-6,8,14H,1-4,7H2,(H,15,17). The molecule has 21 heavy (non-hydrogen) atoms. The highest BCUT2D eigenvalue weighted by atomic mass is 32.2. The van der Waals surface area contributed by atoms with Gasteiger partial charge in [-0.15, -0.1) is 0 Å². The van der Waals surface area contributed by atoms with Gasteiger partial charge in [-0.2, -0.15) is 11.8 Å². The quantitative estimate of drug-likeness (QED) is 0.657. The summed E-state index contributed by atoms with van der Waals surface area (Å²) in [6.45, 7) is -0.114. The van der Waals surface area contributed by atoms with Crippen LogP contribution < -0.4 is 15.4 Å². The van der Waals surface area contributed by atoms with Crippen LogP contribution >= 0.6 is 11.8 Å². The van der Waals surface area contributed by atoms with Gasteiger partial charge in [-0.25, -0.2) is 0 Å². The van der Waals surface area contributed by atoms with Crippen LogP contribution in [0.4, 0.5) is 17.1 Å². The fraction of sp³-hybridized carbons (Fsp3) is 0.462. The third-order valence-electron chi connectivity index (χ3n) is 3.51. The third kappa shape index (κ3) is 3.05. The number of hydrogen-bond acceptors (Lipinski definition) is 6. The van der Waals surface area contributed by atoms with E-state index >= 15 is 0 Å². The first kappa shape index (κ1) is 14.0. The summed E-state index contributed by atoms with van der Waals surface area (Å²) in [7, 11) is 0. The van der Waals surface area contributed by atoms with Crippen LogP contribution in [0.15, 0.2) is 12.1 Å². The summed E-state index contributed by atoms with van der Waals surface area (Å²) in [6.07, 6.45) is 1.95. The minimum atomic E-state index is -0.431. The molecule has 7 nitrogen and oxygen atoms in total. The zero-order valence-electron chi connectivity index (χ0n) is 11.3. The topological polar surface area (TPSA) is 93.5 Å². The van der Waals surface area contributed by atoms with Gasteiger partial charge in [0.15, 0.2) is 12.4 Å². The van der Waals surface area contributed by atoms with Crippen LogP contribution in [-0.2, 0) is 4.79 Å². The minimum absolute atomic E-state index is 0.0249. The maximum absolute atomic E-state index is 11.4. The Balaban J connectivity index is 1.91. The molecule has 1 fully saturated rings. The highest BCUT2D eigenvalue weighted by Gasteiger charge is 2.25. The number of nitro benzene ring substituents is 1. The first-order valence-corrected chi connectivity index (χ1v) is 7.88. The maximum atomic E-state index is 11.4. The molecule has 2 aliphatic rings. The van der Waals surface area contributed by atoms with Gasteiger partial charge in [0.2, 0.25) is 0 Å². The average molecular weight is 309 g/mol. The second-order valence-electron chi connectivity index (χ2n) is 4.99. The van der Waals surface area contributed by atoms with E-state index in [2.05, 4.69) is 10.6 Å². The molecule has 1 aromatic rings. The molecule has 8 heteroatoms. The van der Waals surface area contributed by atoms with Crippen LogP contribution in [0.2, 0.25) is 0 Å². The number of hydrogen-bond donors (Lipinski definition) is 2. The van der Waals surface area contributed by atoms with E-state index in [-0.39, 0.29) is 24.2 Å². The number of nitro groups is 1. The summed E-state index contributed by atoms with van der Waals surface area (Å²) in [6, 6.07) is 3.18. The fourth-order valence-corrected chi connectivity index (χ4v) is 3.55. The zero-order valence-corrected chi connectivity index (χ0v) is 12.1. The molecule has 0 spiro atoms. The number of nitrogens with zero attached hydrogens (tertiary/aromatic N) is 1. The Kier molecular flexibility index (Phi) is 3.87. The van der Waals surface area contributed by atoms with Gasteiger partial charge in [0.25, 0.3) is 11.6 Å². The third-order valence-corrected chi connectivity index (χ3v) is 4.56. The Labute approximate surface area is 125 Å². The number of rotatable bonds is 3. The molecule has 0 atom stereocenters. The summed E-state index contributed by atoms with van der Waals surface area (Å²) in [5.41, 5.74) is 0.883. The van der Waals surface area contributed by atoms with Crippen molar-refractivity contribution in [2.75, 3.05) is 28.7 Å². The van der Waals surface area contributed by atoms with E-state index in [0.717, 1.165) is 24.3 Å². The first-order chi connectivity index (χ1) is 10.1. The Bertz CT molecular complexity index is 587. The molecule has 2 N–H and O–H groups in total. The van der Waals surface area contributed by atoms with Crippen molar-refractivity contribution in [1.82, 2.24) is 0 Å². The van der Waals surface area contributed by atoms with Crippen molar-refractivity contribution < 1.29 is 14.5 Å². The van der Waals surface area contributed by atoms with E-state index in [1.165, 1.54) is 6.07 Å². The summed E-state index contributed by atoms with van der Waals surface area (Å²) in [5.74, 6) is 2.19. The van der Waals surface area contributed by atoms with E-state index < -0.39 is 4.92 Å². The molecule has 3 rings (SSSR count). The van der Waals surface area contributed by atoms with Crippen molar-refractivity contribution in [3.63, 3.8) is 0 Å². The van der Waals surface area contributed by atoms with Crippen LogP contribution in [-0.4, -0.2) is 35.0 Å². The molecule has 0 aromatic heterocycles. The van der Waals surface area contributed by atoms with Crippen LogP contribution in [0.3, 0.4) is 0 Å². The van der Waals surface area contributed by atoms with Gasteiger partial charge < -0.3 is 15.4 Å². The maximum Gasteiger partial charge on any atom is 0.296 e. The number of fused-ring (bicyclic) bond motifs is 1. The van der Waals surface area contributed by atoms with Crippen molar-refractivity contribution >= 4 is 34.7 Å². The second kappa shape index (κ2) is 5.80. The average Bonchev–Trinajstić information content (AvgIpc) is 2.47. The smallest absolute Gasteiger partial charge is 0.296 e. The number of carbonyl (C=O) groups excluding carboxylic acids is 1. The predicted octanol–water partition coefficient (Wildman–Crippen LogP) is 2.23. The second-order valence-corrected chi connectivity index (χ2v) is 6.22. The molecule has 1 amide bonds. The molecule has 112 valence electrons. The van der Waals surface area contributed by atoms with E-state index in [0.29, 0.717) is 17.1 Å². The van der Waals surface area contributed by atoms with Crippen molar-refractivity contribution in [2.45, 2.75) is 18.9 Å². The molecule has 1 aromatic carbocycles. The summed E-state index contributed by atoms with van der Waals surface area (Å²) in [4.78, 5) is 22.2. The first-order valence-electron chi connectivity index (χ1n) is 6.73. The molecule has 0 aliphatic carbocycles. The number of carbonyl (C=O) groups is 1. The van der Waals surface area contributed by atoms with Gasteiger partial charge in [-0.1, -0.05) is 0 Å². The summed E-state index contributed by atoms with van der Waals surface area (Å²) in [5, 5.41) is 17.1. The monoisotopic (exact) mass is 309 g/mol. The van der Waals surface area contributed by atoms with Crippen LogP contribution in [0.5, 0.6) is 5.75 Å². The van der Waals surface area contributed by atoms with Crippen molar-refractivity contribution in [1.29, 1.82) is 0 Å². The van der Waals surface area contributed by atoms with Crippen LogP contribution in [0.1, 0.15) is 12.8 Å². The summed E-state index contributed by atoms with van der Waals surface area (Å²) >= 11 is 1.89. The molecule has 2 heterocycles. The molecule has 2 aliphatic heterocycles. The number of benzene rings is 1. The van der Waals surface area contributed by atoms with Crippen molar-refractivity contribution in [3.05, 3.63) is 22.2 Å². The zero-order chi connectivity index (χ0) is 14.8. The van der Waals surface area contributed by atoms with Gasteiger partial charge in [0.05, 0.1) is 16.7 Å². The Morgan fingerprint density at radius 2 is 2.14 bits per heavy atom. The number of ether oxygens (including phenoxy) is 1. The van der Waals surface area contributed by atoms with E-state index in [9.17, 15) is 14.9 Å². The molecule has 0 radical (unpaired) electrons. The van der Waals surface area contributed by atoms with Gasteiger partial charge in [0, 0.05) is 6.04 Å². The lowest BCUT2D eigenvalue weighted by Gasteiger charge is -2.25. The van der Waals surface area contributed by atoms with Crippen molar-refractivity contribution in [2.24, 2.45) is 0 Å². The Hall–Kier alpha value is -1.96. The van der Waals surface area contributed by atoms with E-state index in [4.69, 9.17) is 4.74 Å². The minimum Gasteiger partial charge on any atom is -0.481 e. The lowest BCUT2D eigenvalue weighted by atomic mass is 10.1. The molecular weight excluding hydrogens is 294 g/mol. The van der Waals surface area contributed by atoms with E-state index in [1.54, 1.807) is 6.07 Å². The molecule has 1 saturated heterocycles. The van der Waals surface area contributed by atoms with Gasteiger partial charge >= 0.3 is 0 Å². The largest absolute Gasteiger partial charge is 0.481 e. The fourth-order valence-electron chi connectivity index (χ4n) is 2.44. The highest BCUT2D eigenvalue weighted by molar-refractivity contribution is 7.99. The number of amides is 1. The molecule has 0 bridgehead atoms. The molecule has 0 unspecified atom stereocenters. The Morgan fingerprint density at radius 3 is 2.86 bits per heavy atom.